The van der Waals surface area contributed by atoms with E-state index in [0.29, 0.717) is 62.3 Å². The number of ether oxygens (including phenoxy) is 5. The van der Waals surface area contributed by atoms with Crippen LogP contribution in [0.3, 0.4) is 0 Å². The first-order chi connectivity index (χ1) is 17.0. The van der Waals surface area contributed by atoms with Gasteiger partial charge in [0.05, 0.1) is 44.2 Å². The van der Waals surface area contributed by atoms with Crippen LogP contribution in [0.25, 0.3) is 22.8 Å². The lowest BCUT2D eigenvalue weighted by Crippen LogP contribution is -2.12. The van der Waals surface area contributed by atoms with Crippen molar-refractivity contribution in [2.45, 2.75) is 20.8 Å². The van der Waals surface area contributed by atoms with Gasteiger partial charge in [-0.15, -0.1) is 0 Å². The highest BCUT2D eigenvalue weighted by molar-refractivity contribution is 5.70. The lowest BCUT2D eigenvalue weighted by atomic mass is 10.1. The molecule has 188 valence electrons. The summed E-state index contributed by atoms with van der Waals surface area (Å²) in [7, 11) is 0. The van der Waals surface area contributed by atoms with E-state index in [4.69, 9.17) is 23.7 Å². The Morgan fingerprint density at radius 3 is 1.60 bits per heavy atom. The average Bonchev–Trinajstić information content (AvgIpc) is 2.84. The number of benzene rings is 2. The number of phenols is 2. The van der Waals surface area contributed by atoms with E-state index in [9.17, 15) is 10.2 Å². The van der Waals surface area contributed by atoms with Crippen LogP contribution in [0.1, 0.15) is 20.8 Å². The van der Waals surface area contributed by atoms with Crippen LogP contribution >= 0.6 is 0 Å². The quantitative estimate of drug-likeness (QED) is 0.325. The van der Waals surface area contributed by atoms with Crippen molar-refractivity contribution in [1.29, 1.82) is 0 Å². The number of phenolic OH excluding ortho intramolecular Hbond substituents is 2. The molecule has 10 heteroatoms. The van der Waals surface area contributed by atoms with Crippen LogP contribution in [0.15, 0.2) is 36.4 Å². The average molecular weight is 486 g/mol. The van der Waals surface area contributed by atoms with Gasteiger partial charge in [-0.25, -0.2) is 4.98 Å². The maximum atomic E-state index is 10.6. The van der Waals surface area contributed by atoms with E-state index in [1.807, 2.05) is 20.8 Å². The monoisotopic (exact) mass is 485 g/mol. The van der Waals surface area contributed by atoms with Gasteiger partial charge in [0, 0.05) is 18.7 Å². The molecule has 2 aromatic carbocycles. The van der Waals surface area contributed by atoms with Crippen molar-refractivity contribution in [3.63, 3.8) is 0 Å². The smallest absolute Gasteiger partial charge is 0.320 e. The SMILES string of the molecule is CCOCCOCCOc1nc(-c2ccc(OCC)cc2O)nc(-c2ccc(OCC)cc2O)n1. The van der Waals surface area contributed by atoms with Crippen molar-refractivity contribution in [2.75, 3.05) is 46.2 Å². The molecule has 0 aliphatic rings. The van der Waals surface area contributed by atoms with Crippen molar-refractivity contribution >= 4 is 0 Å². The van der Waals surface area contributed by atoms with E-state index < -0.39 is 0 Å². The van der Waals surface area contributed by atoms with E-state index in [2.05, 4.69) is 15.0 Å². The number of hydrogen-bond acceptors (Lipinski definition) is 10. The summed E-state index contributed by atoms with van der Waals surface area (Å²) in [5.41, 5.74) is 0.723. The molecule has 0 saturated heterocycles. The van der Waals surface area contributed by atoms with Crippen LogP contribution in [-0.2, 0) is 9.47 Å². The number of aromatic nitrogens is 3. The van der Waals surface area contributed by atoms with Crippen LogP contribution in [-0.4, -0.2) is 71.4 Å². The van der Waals surface area contributed by atoms with E-state index in [1.54, 1.807) is 24.3 Å². The van der Waals surface area contributed by atoms with Gasteiger partial charge in [0.1, 0.15) is 29.6 Å². The van der Waals surface area contributed by atoms with Gasteiger partial charge < -0.3 is 33.9 Å². The Morgan fingerprint density at radius 1 is 0.600 bits per heavy atom. The molecule has 3 aromatic rings. The first kappa shape index (κ1) is 26.0. The Balaban J connectivity index is 1.89. The lowest BCUT2D eigenvalue weighted by molar-refractivity contribution is 0.0393. The molecule has 0 saturated carbocycles. The van der Waals surface area contributed by atoms with Gasteiger partial charge in [0.15, 0.2) is 11.6 Å². The maximum Gasteiger partial charge on any atom is 0.320 e. The topological polar surface area (TPSA) is 125 Å². The first-order valence-electron chi connectivity index (χ1n) is 11.5. The standard InChI is InChI=1S/C25H31N3O7/c1-4-31-11-12-32-13-14-35-25-27-23(19-9-7-17(33-5-2)15-21(19)29)26-24(28-25)20-10-8-18(34-6-3)16-22(20)30/h7-10,15-16,29-30H,4-6,11-14H2,1-3H3. The van der Waals surface area contributed by atoms with Gasteiger partial charge in [0.2, 0.25) is 0 Å². The fourth-order valence-corrected chi connectivity index (χ4v) is 3.13. The molecular weight excluding hydrogens is 454 g/mol. The summed E-state index contributed by atoms with van der Waals surface area (Å²) in [6.45, 7) is 8.66. The maximum absolute atomic E-state index is 10.6. The highest BCUT2D eigenvalue weighted by atomic mass is 16.5. The van der Waals surface area contributed by atoms with Crippen LogP contribution in [0.4, 0.5) is 0 Å². The second-order valence-corrected chi connectivity index (χ2v) is 7.15. The van der Waals surface area contributed by atoms with Gasteiger partial charge in [-0.3, -0.25) is 0 Å². The van der Waals surface area contributed by atoms with E-state index >= 15 is 0 Å². The fraction of sp³-hybridized carbons (Fsp3) is 0.400. The Morgan fingerprint density at radius 2 is 1.11 bits per heavy atom. The highest BCUT2D eigenvalue weighted by Gasteiger charge is 2.17. The first-order valence-corrected chi connectivity index (χ1v) is 11.5. The highest BCUT2D eigenvalue weighted by Crippen LogP contribution is 2.35. The Kier molecular flexibility index (Phi) is 9.88. The van der Waals surface area contributed by atoms with Crippen molar-refractivity contribution in [3.05, 3.63) is 36.4 Å². The van der Waals surface area contributed by atoms with E-state index in [0.717, 1.165) is 0 Å². The fourth-order valence-electron chi connectivity index (χ4n) is 3.13. The molecule has 0 aliphatic carbocycles. The van der Waals surface area contributed by atoms with Crippen molar-refractivity contribution in [3.8, 4) is 51.8 Å². The van der Waals surface area contributed by atoms with E-state index in [1.165, 1.54) is 12.1 Å². The minimum absolute atomic E-state index is 0.0278. The third kappa shape index (κ3) is 7.43. The van der Waals surface area contributed by atoms with Gasteiger partial charge in [-0.2, -0.15) is 9.97 Å². The molecule has 35 heavy (non-hydrogen) atoms. The Labute approximate surface area is 204 Å². The van der Waals surface area contributed by atoms with Gasteiger partial charge in [0.25, 0.3) is 0 Å². The Bertz CT molecular complexity index is 1020. The van der Waals surface area contributed by atoms with Crippen molar-refractivity contribution in [2.24, 2.45) is 0 Å². The van der Waals surface area contributed by atoms with Gasteiger partial charge in [-0.05, 0) is 45.0 Å². The molecule has 0 amide bonds. The summed E-state index contributed by atoms with van der Waals surface area (Å²) < 4.78 is 27.3. The zero-order valence-electron chi connectivity index (χ0n) is 20.2. The number of aromatic hydroxyl groups is 2. The predicted molar refractivity (Wildman–Crippen MR) is 129 cm³/mol. The zero-order valence-corrected chi connectivity index (χ0v) is 20.2. The van der Waals surface area contributed by atoms with Gasteiger partial charge >= 0.3 is 6.01 Å². The summed E-state index contributed by atoms with van der Waals surface area (Å²) in [4.78, 5) is 13.2. The second-order valence-electron chi connectivity index (χ2n) is 7.15. The molecule has 0 radical (unpaired) electrons. The molecule has 3 rings (SSSR count). The molecule has 0 bridgehead atoms. The molecule has 1 heterocycles. The summed E-state index contributed by atoms with van der Waals surface area (Å²) in [5, 5.41) is 21.1. The number of nitrogens with zero attached hydrogens (tertiary/aromatic N) is 3. The predicted octanol–water partition coefficient (Wildman–Crippen LogP) is 3.85. The molecule has 2 N–H and O–H groups in total. The third-order valence-electron chi connectivity index (χ3n) is 4.69. The molecule has 0 aliphatic heterocycles. The molecular formula is C25H31N3O7. The number of rotatable bonds is 14. The van der Waals surface area contributed by atoms with Crippen LogP contribution in [0, 0.1) is 0 Å². The molecule has 0 atom stereocenters. The van der Waals surface area contributed by atoms with Crippen LogP contribution in [0.2, 0.25) is 0 Å². The van der Waals surface area contributed by atoms with Crippen molar-refractivity contribution < 1.29 is 33.9 Å². The normalized spacial score (nSPS) is 10.8. The zero-order chi connectivity index (χ0) is 25.0. The summed E-state index contributed by atoms with van der Waals surface area (Å²) in [5.74, 6) is 1.27. The van der Waals surface area contributed by atoms with E-state index in [-0.39, 0.29) is 35.8 Å². The van der Waals surface area contributed by atoms with Crippen LogP contribution in [0.5, 0.6) is 29.0 Å². The Hall–Kier alpha value is -3.63. The molecule has 0 spiro atoms. The minimum Gasteiger partial charge on any atom is -0.507 e. The van der Waals surface area contributed by atoms with Crippen LogP contribution < -0.4 is 14.2 Å². The minimum atomic E-state index is -0.0609. The summed E-state index contributed by atoms with van der Waals surface area (Å²) in [6.07, 6.45) is 0. The number of hydrogen-bond donors (Lipinski definition) is 2. The second kappa shape index (κ2) is 13.3. The summed E-state index contributed by atoms with van der Waals surface area (Å²) >= 11 is 0. The summed E-state index contributed by atoms with van der Waals surface area (Å²) in [6, 6.07) is 9.73. The largest absolute Gasteiger partial charge is 0.507 e. The molecule has 10 nitrogen and oxygen atoms in total. The third-order valence-corrected chi connectivity index (χ3v) is 4.69. The van der Waals surface area contributed by atoms with Crippen molar-refractivity contribution in [1.82, 2.24) is 15.0 Å². The molecule has 1 aromatic heterocycles. The molecule has 0 fully saturated rings. The van der Waals surface area contributed by atoms with Gasteiger partial charge in [-0.1, -0.05) is 0 Å². The molecule has 0 unspecified atom stereocenters. The lowest BCUT2D eigenvalue weighted by Gasteiger charge is -2.12.